The number of hydrogen-bond donors (Lipinski definition) is 3. The van der Waals surface area contributed by atoms with E-state index in [0.717, 1.165) is 70.7 Å². The van der Waals surface area contributed by atoms with Crippen molar-refractivity contribution in [3.8, 4) is 0 Å². The van der Waals surface area contributed by atoms with E-state index in [-0.39, 0.29) is 24.0 Å². The smallest absolute Gasteiger partial charge is 0.322 e. The van der Waals surface area contributed by atoms with Crippen LogP contribution >= 0.6 is 31.9 Å². The van der Waals surface area contributed by atoms with Crippen molar-refractivity contribution in [3.05, 3.63) is 50.7 Å². The number of urea groups is 2. The topological polar surface area (TPSA) is 127 Å². The van der Waals surface area contributed by atoms with Crippen LogP contribution in [0.5, 0.6) is 0 Å². The van der Waals surface area contributed by atoms with E-state index >= 15 is 0 Å². The van der Waals surface area contributed by atoms with E-state index in [0.29, 0.717) is 50.5 Å². The maximum Gasteiger partial charge on any atom is 0.322 e. The van der Waals surface area contributed by atoms with Gasteiger partial charge in [-0.05, 0) is 132 Å². The number of carbonyl (C=O) groups is 3. The van der Waals surface area contributed by atoms with Gasteiger partial charge >= 0.3 is 12.1 Å². The van der Waals surface area contributed by atoms with E-state index < -0.39 is 6.04 Å². The first-order chi connectivity index (χ1) is 22.2. The van der Waals surface area contributed by atoms with Gasteiger partial charge in [-0.15, -0.1) is 0 Å². The molecule has 13 heteroatoms. The zero-order chi connectivity index (χ0) is 32.4. The summed E-state index contributed by atoms with van der Waals surface area (Å²) in [5.41, 5.74) is 9.42. The summed E-state index contributed by atoms with van der Waals surface area (Å²) in [5, 5.41) is 6.05. The number of nitrogen functional groups attached to an aromatic ring is 1. The minimum absolute atomic E-state index is 0.0260. The molecule has 46 heavy (non-hydrogen) atoms. The first-order valence-electron chi connectivity index (χ1n) is 16.4. The van der Waals surface area contributed by atoms with Crippen LogP contribution in [0.2, 0.25) is 0 Å². The molecule has 1 aromatic heterocycles. The molecule has 0 spiro atoms. The lowest BCUT2D eigenvalue weighted by atomic mass is 9.79. The van der Waals surface area contributed by atoms with Crippen molar-refractivity contribution >= 4 is 61.2 Å². The fourth-order valence-electron chi connectivity index (χ4n) is 7.53. The first-order valence-corrected chi connectivity index (χ1v) is 18.0. The van der Waals surface area contributed by atoms with Gasteiger partial charge < -0.3 is 36.0 Å². The van der Waals surface area contributed by atoms with Crippen molar-refractivity contribution in [1.82, 2.24) is 29.9 Å². The molecular weight excluding hydrogens is 716 g/mol. The minimum atomic E-state index is -0.703. The lowest BCUT2D eigenvalue weighted by Gasteiger charge is -2.41. The van der Waals surface area contributed by atoms with E-state index in [1.54, 1.807) is 17.3 Å². The van der Waals surface area contributed by atoms with Crippen LogP contribution in [-0.2, 0) is 17.8 Å². The van der Waals surface area contributed by atoms with Gasteiger partial charge in [0.15, 0.2) is 0 Å². The molecule has 1 aromatic carbocycles. The lowest BCUT2D eigenvalue weighted by Crippen LogP contribution is -2.57. The molecule has 5 amide bonds. The highest BCUT2D eigenvalue weighted by molar-refractivity contribution is 9.11. The van der Waals surface area contributed by atoms with Crippen molar-refractivity contribution < 1.29 is 14.4 Å². The summed E-state index contributed by atoms with van der Waals surface area (Å²) < 4.78 is 1.49. The molecule has 0 saturated carbocycles. The van der Waals surface area contributed by atoms with Crippen molar-refractivity contribution in [3.63, 3.8) is 0 Å². The highest BCUT2D eigenvalue weighted by atomic mass is 79.9. The van der Waals surface area contributed by atoms with Gasteiger partial charge in [-0.1, -0.05) is 0 Å². The quantitative estimate of drug-likeness (QED) is 0.360. The van der Waals surface area contributed by atoms with Crippen LogP contribution in [0, 0.1) is 11.8 Å². The fourth-order valence-corrected chi connectivity index (χ4v) is 8.82. The molecular formula is C33H44Br2N8O3. The van der Waals surface area contributed by atoms with Crippen LogP contribution in [-0.4, -0.2) is 101 Å². The summed E-state index contributed by atoms with van der Waals surface area (Å²) in [5.74, 6) is 1.36. The number of carbonyl (C=O) groups excluding carboxylic acids is 3. The molecule has 3 saturated heterocycles. The van der Waals surface area contributed by atoms with Crippen molar-refractivity contribution in [2.75, 3.05) is 57.4 Å². The number of nitrogens with two attached hydrogens (primary N) is 1. The number of rotatable bonds is 6. The third-order valence-electron chi connectivity index (χ3n) is 10.4. The molecule has 0 bridgehead atoms. The standard InChI is InChI=1S/C33H44Br2N8O3/c1-40-10-3-22(4-11-40)23-5-12-41(13-6-23)31(44)28(18-21-16-26(34)30(36)27(35)17-21)38-32(45)42-14-7-25(8-15-42)43-20-24-2-9-37-19-29(24)39-33(43)46/h2,9,16-17,19,22-23,25,28H,3-8,10-15,18,20,36H2,1H3,(H,38,45)(H,39,46)/t28-/m1/s1. The predicted octanol–water partition coefficient (Wildman–Crippen LogP) is 4.90. The Morgan fingerprint density at radius 1 is 0.978 bits per heavy atom. The van der Waals surface area contributed by atoms with E-state index in [4.69, 9.17) is 5.73 Å². The monoisotopic (exact) mass is 758 g/mol. The highest BCUT2D eigenvalue weighted by Crippen LogP contribution is 2.34. The SMILES string of the molecule is CN1CCC(C2CCN(C(=O)[C@@H](Cc3cc(Br)c(N)c(Br)c3)NC(=O)N3CCC(N4Cc5ccncc5NC4=O)CC3)CC2)CC1. The van der Waals surface area contributed by atoms with Crippen molar-refractivity contribution in [2.24, 2.45) is 11.8 Å². The van der Waals surface area contributed by atoms with Gasteiger partial charge in [0.1, 0.15) is 6.04 Å². The number of piperidine rings is 3. The molecule has 0 unspecified atom stereocenters. The zero-order valence-corrected chi connectivity index (χ0v) is 29.6. The Bertz CT molecular complexity index is 1410. The molecule has 4 aliphatic rings. The van der Waals surface area contributed by atoms with Gasteiger partial charge in [-0.25, -0.2) is 9.59 Å². The van der Waals surface area contributed by atoms with Gasteiger partial charge in [0.2, 0.25) is 5.91 Å². The molecule has 1 atom stereocenters. The molecule has 2 aromatic rings. The normalized spacial score (nSPS) is 21.1. The maximum atomic E-state index is 14.1. The number of nitrogens with zero attached hydrogens (tertiary/aromatic N) is 5. The van der Waals surface area contributed by atoms with Crippen LogP contribution in [0.4, 0.5) is 21.0 Å². The Hall–Kier alpha value is -2.90. The molecule has 248 valence electrons. The number of benzene rings is 1. The number of likely N-dealkylation sites (tertiary alicyclic amines) is 3. The molecule has 4 aliphatic heterocycles. The molecule has 3 fully saturated rings. The summed E-state index contributed by atoms with van der Waals surface area (Å²) in [6, 6.07) is 4.71. The van der Waals surface area contributed by atoms with Crippen LogP contribution in [0.25, 0.3) is 0 Å². The lowest BCUT2D eigenvalue weighted by molar-refractivity contribution is -0.135. The zero-order valence-electron chi connectivity index (χ0n) is 26.4. The van der Waals surface area contributed by atoms with Crippen LogP contribution in [0.3, 0.4) is 0 Å². The average molecular weight is 761 g/mol. The van der Waals surface area contributed by atoms with E-state index in [1.165, 1.54) is 12.8 Å². The number of halogens is 2. The Balaban J connectivity index is 1.09. The van der Waals surface area contributed by atoms with Gasteiger partial charge in [-0.2, -0.15) is 0 Å². The third-order valence-corrected chi connectivity index (χ3v) is 11.7. The van der Waals surface area contributed by atoms with Gasteiger partial charge in [0.25, 0.3) is 0 Å². The Kier molecular flexibility index (Phi) is 10.4. The first kappa shape index (κ1) is 33.0. The second-order valence-corrected chi connectivity index (χ2v) is 15.0. The summed E-state index contributed by atoms with van der Waals surface area (Å²) in [7, 11) is 2.19. The van der Waals surface area contributed by atoms with E-state index in [1.807, 2.05) is 28.0 Å². The Morgan fingerprint density at radius 2 is 1.59 bits per heavy atom. The summed E-state index contributed by atoms with van der Waals surface area (Å²) >= 11 is 7.06. The number of fused-ring (bicyclic) bond motifs is 1. The maximum absolute atomic E-state index is 14.1. The van der Waals surface area contributed by atoms with Crippen LogP contribution in [0.15, 0.2) is 39.5 Å². The summed E-state index contributed by atoms with van der Waals surface area (Å²) in [6.45, 7) is 5.28. The minimum Gasteiger partial charge on any atom is -0.397 e. The molecule has 5 heterocycles. The largest absolute Gasteiger partial charge is 0.397 e. The van der Waals surface area contributed by atoms with Crippen molar-refractivity contribution in [2.45, 2.75) is 63.6 Å². The van der Waals surface area contributed by atoms with E-state index in [2.05, 4.69) is 59.4 Å². The van der Waals surface area contributed by atoms with Gasteiger partial charge in [-0.3, -0.25) is 9.78 Å². The molecule has 4 N–H and O–H groups in total. The van der Waals surface area contributed by atoms with Crippen LogP contribution < -0.4 is 16.4 Å². The third kappa shape index (κ3) is 7.46. The van der Waals surface area contributed by atoms with Gasteiger partial charge in [0, 0.05) is 60.3 Å². The predicted molar refractivity (Wildman–Crippen MR) is 185 cm³/mol. The number of aromatic nitrogens is 1. The number of nitrogens with one attached hydrogen (secondary N) is 2. The molecule has 11 nitrogen and oxygen atoms in total. The summed E-state index contributed by atoms with van der Waals surface area (Å²) in [6.07, 6.45) is 9.60. The van der Waals surface area contributed by atoms with Crippen LogP contribution in [0.1, 0.15) is 49.7 Å². The number of pyridine rings is 1. The second kappa shape index (κ2) is 14.5. The number of amides is 5. The molecule has 0 radical (unpaired) electrons. The van der Waals surface area contributed by atoms with Gasteiger partial charge in [0.05, 0.1) is 17.6 Å². The summed E-state index contributed by atoms with van der Waals surface area (Å²) in [4.78, 5) is 52.7. The van der Waals surface area contributed by atoms with E-state index in [9.17, 15) is 14.4 Å². The average Bonchev–Trinajstić information content (AvgIpc) is 3.06. The highest BCUT2D eigenvalue weighted by Gasteiger charge is 2.36. The fraction of sp³-hybridized carbons (Fsp3) is 0.576. The molecule has 6 rings (SSSR count). The Morgan fingerprint density at radius 3 is 2.24 bits per heavy atom. The number of anilines is 2. The van der Waals surface area contributed by atoms with Crippen molar-refractivity contribution in [1.29, 1.82) is 0 Å². The molecule has 0 aliphatic carbocycles. The Labute approximate surface area is 287 Å². The number of hydrogen-bond acceptors (Lipinski definition) is 6. The second-order valence-electron chi connectivity index (χ2n) is 13.3.